The maximum Gasteiger partial charge on any atom is 0.340 e. The number of benzene rings is 2. The Balaban J connectivity index is 1.55. The Morgan fingerprint density at radius 1 is 0.879 bits per heavy atom. The molecule has 9 nitrogen and oxygen atoms in total. The van der Waals surface area contributed by atoms with Gasteiger partial charge in [-0.3, -0.25) is 0 Å². The third-order valence-electron chi connectivity index (χ3n) is 6.24. The molecule has 2 N–H and O–H groups in total. The number of carbonyl (C=O) groups excluding carboxylic acids is 1. The molecule has 0 amide bonds. The van der Waals surface area contributed by atoms with Gasteiger partial charge in [-0.1, -0.05) is 6.07 Å². The molecule has 1 heterocycles. The van der Waals surface area contributed by atoms with Crippen LogP contribution in [-0.4, -0.2) is 60.4 Å². The van der Waals surface area contributed by atoms with E-state index in [1.807, 2.05) is 11.0 Å². The van der Waals surface area contributed by atoms with E-state index in [9.17, 15) is 21.6 Å². The summed E-state index contributed by atoms with van der Waals surface area (Å²) in [6.07, 6.45) is 4.09. The van der Waals surface area contributed by atoms with E-state index < -0.39 is 26.0 Å². The molecule has 1 aliphatic carbocycles. The number of primary sulfonamides is 1. The fourth-order valence-electron chi connectivity index (χ4n) is 4.43. The third-order valence-corrected chi connectivity index (χ3v) is 9.04. The molecule has 1 fully saturated rings. The van der Waals surface area contributed by atoms with Gasteiger partial charge in [-0.15, -0.1) is 0 Å². The molecule has 0 aromatic heterocycles. The van der Waals surface area contributed by atoms with E-state index >= 15 is 0 Å². The first kappa shape index (κ1) is 23.7. The first-order valence-corrected chi connectivity index (χ1v) is 13.7. The molecular weight excluding hydrogens is 466 g/mol. The quantitative estimate of drug-likeness (QED) is 0.626. The van der Waals surface area contributed by atoms with Gasteiger partial charge in [0, 0.05) is 26.2 Å². The summed E-state index contributed by atoms with van der Waals surface area (Å²) < 4.78 is 56.1. The highest BCUT2D eigenvalue weighted by Crippen LogP contribution is 2.29. The van der Waals surface area contributed by atoms with E-state index in [0.717, 1.165) is 31.2 Å². The summed E-state index contributed by atoms with van der Waals surface area (Å²) >= 11 is 0. The van der Waals surface area contributed by atoms with Crippen LogP contribution in [0.4, 0.5) is 5.69 Å². The van der Waals surface area contributed by atoms with Crippen LogP contribution < -0.4 is 10.0 Å². The fourth-order valence-corrected chi connectivity index (χ4v) is 6.44. The molecule has 0 saturated carbocycles. The lowest BCUT2D eigenvalue weighted by Gasteiger charge is -2.36. The van der Waals surface area contributed by atoms with Gasteiger partial charge in [-0.25, -0.2) is 26.8 Å². The molecule has 0 atom stereocenters. The van der Waals surface area contributed by atoms with Crippen LogP contribution in [0.3, 0.4) is 0 Å². The van der Waals surface area contributed by atoms with Gasteiger partial charge < -0.3 is 9.64 Å². The Kier molecular flexibility index (Phi) is 6.50. The normalized spacial score (nSPS) is 17.5. The molecule has 0 spiro atoms. The Morgan fingerprint density at radius 2 is 1.52 bits per heavy atom. The highest BCUT2D eigenvalue weighted by molar-refractivity contribution is 7.89. The average molecular weight is 494 g/mol. The van der Waals surface area contributed by atoms with E-state index in [2.05, 4.69) is 0 Å². The van der Waals surface area contributed by atoms with E-state index in [-0.39, 0.29) is 23.5 Å². The second kappa shape index (κ2) is 9.05. The maximum absolute atomic E-state index is 13.2. The van der Waals surface area contributed by atoms with E-state index in [1.54, 1.807) is 12.1 Å². The molecule has 1 saturated heterocycles. The number of esters is 1. The van der Waals surface area contributed by atoms with Crippen LogP contribution >= 0.6 is 0 Å². The summed E-state index contributed by atoms with van der Waals surface area (Å²) in [5, 5.41) is 5.19. The molecule has 4 rings (SSSR count). The van der Waals surface area contributed by atoms with Crippen molar-refractivity contribution in [1.82, 2.24) is 4.31 Å². The molecule has 33 heavy (non-hydrogen) atoms. The number of fused-ring (bicyclic) bond motifs is 1. The molecule has 2 aromatic rings. The molecule has 2 aliphatic rings. The summed E-state index contributed by atoms with van der Waals surface area (Å²) in [7, 11) is -6.43. The van der Waals surface area contributed by atoms with Crippen LogP contribution in [0.5, 0.6) is 0 Å². The van der Waals surface area contributed by atoms with Gasteiger partial charge in [-0.05, 0) is 67.1 Å². The number of anilines is 1. The fraction of sp³-hybridized carbons (Fsp3) is 0.409. The predicted octanol–water partition coefficient (Wildman–Crippen LogP) is 1.51. The first-order valence-electron chi connectivity index (χ1n) is 10.7. The van der Waals surface area contributed by atoms with Gasteiger partial charge >= 0.3 is 5.97 Å². The Labute approximate surface area is 194 Å². The van der Waals surface area contributed by atoms with Gasteiger partial charge in [0.25, 0.3) is 0 Å². The average Bonchev–Trinajstić information content (AvgIpc) is 2.82. The molecule has 2 aromatic carbocycles. The van der Waals surface area contributed by atoms with Crippen molar-refractivity contribution in [2.24, 2.45) is 5.14 Å². The zero-order valence-electron chi connectivity index (χ0n) is 18.4. The highest BCUT2D eigenvalue weighted by Gasteiger charge is 2.31. The van der Waals surface area contributed by atoms with Crippen LogP contribution in [0.2, 0.25) is 0 Å². The number of piperazine rings is 1. The van der Waals surface area contributed by atoms with Crippen LogP contribution in [0.15, 0.2) is 46.2 Å². The van der Waals surface area contributed by atoms with Crippen molar-refractivity contribution in [2.45, 2.75) is 35.5 Å². The zero-order valence-corrected chi connectivity index (χ0v) is 20.0. The standard InChI is InChI=1S/C22H27N3O6S2/c1-31-22(26)20-15-18(32(23,27)28)8-9-21(20)24-10-12-25(13-11-24)33(29,30)19-7-6-16-4-2-3-5-17(16)14-19/h6-9,14-15H,2-5,10-13H2,1H3,(H2,23,27,28). The SMILES string of the molecule is COC(=O)c1cc(S(N)(=O)=O)ccc1N1CCN(S(=O)(=O)c2ccc3c(c2)CCCC3)CC1. The van der Waals surface area contributed by atoms with Crippen molar-refractivity contribution in [3.63, 3.8) is 0 Å². The molecule has 0 unspecified atom stereocenters. The predicted molar refractivity (Wildman–Crippen MR) is 123 cm³/mol. The molecule has 11 heteroatoms. The molecule has 0 radical (unpaired) electrons. The van der Waals surface area contributed by atoms with Crippen LogP contribution in [0.1, 0.15) is 34.3 Å². The van der Waals surface area contributed by atoms with Crippen molar-refractivity contribution in [2.75, 3.05) is 38.2 Å². The van der Waals surface area contributed by atoms with Crippen LogP contribution in [0, 0.1) is 0 Å². The van der Waals surface area contributed by atoms with E-state index in [1.165, 1.54) is 35.2 Å². The Bertz CT molecular complexity index is 1280. The van der Waals surface area contributed by atoms with E-state index in [0.29, 0.717) is 23.7 Å². The monoisotopic (exact) mass is 493 g/mol. The summed E-state index contributed by atoms with van der Waals surface area (Å²) in [6, 6.07) is 9.43. The number of hydrogen-bond donors (Lipinski definition) is 1. The molecular formula is C22H27N3O6S2. The minimum absolute atomic E-state index is 0.0648. The van der Waals surface area contributed by atoms with Crippen LogP contribution in [0.25, 0.3) is 0 Å². The Hall–Kier alpha value is -2.47. The number of ether oxygens (including phenoxy) is 1. The highest BCUT2D eigenvalue weighted by atomic mass is 32.2. The number of methoxy groups -OCH3 is 1. The van der Waals surface area contributed by atoms with E-state index in [4.69, 9.17) is 9.88 Å². The summed E-state index contributed by atoms with van der Waals surface area (Å²) in [5.74, 6) is -0.695. The lowest BCUT2D eigenvalue weighted by molar-refractivity contribution is 0.0601. The van der Waals surface area contributed by atoms with Gasteiger partial charge in [0.2, 0.25) is 20.0 Å². The molecule has 0 bridgehead atoms. The number of nitrogens with two attached hydrogens (primary N) is 1. The lowest BCUT2D eigenvalue weighted by atomic mass is 9.92. The zero-order chi connectivity index (χ0) is 23.8. The topological polar surface area (TPSA) is 127 Å². The number of rotatable bonds is 5. The Morgan fingerprint density at radius 3 is 2.15 bits per heavy atom. The van der Waals surface area contributed by atoms with Crippen LogP contribution in [-0.2, 0) is 37.6 Å². The summed E-state index contributed by atoms with van der Waals surface area (Å²) in [6.45, 7) is 1.14. The number of aryl methyl sites for hydroxylation is 2. The van der Waals surface area contributed by atoms with Crippen molar-refractivity contribution >= 4 is 31.7 Å². The third kappa shape index (κ3) is 4.77. The number of hydrogen-bond acceptors (Lipinski definition) is 7. The van der Waals surface area contributed by atoms with Crippen molar-refractivity contribution in [1.29, 1.82) is 0 Å². The minimum Gasteiger partial charge on any atom is -0.465 e. The van der Waals surface area contributed by atoms with Crippen molar-refractivity contribution in [3.05, 3.63) is 53.1 Å². The number of nitrogens with zero attached hydrogens (tertiary/aromatic N) is 2. The molecule has 1 aliphatic heterocycles. The summed E-state index contributed by atoms with van der Waals surface area (Å²) in [4.78, 5) is 14.3. The molecule has 178 valence electrons. The number of sulfonamides is 2. The second-order valence-electron chi connectivity index (χ2n) is 8.24. The lowest BCUT2D eigenvalue weighted by Crippen LogP contribution is -2.49. The second-order valence-corrected chi connectivity index (χ2v) is 11.7. The largest absolute Gasteiger partial charge is 0.465 e. The smallest absolute Gasteiger partial charge is 0.340 e. The van der Waals surface area contributed by atoms with Crippen molar-refractivity contribution < 1.29 is 26.4 Å². The summed E-state index contributed by atoms with van der Waals surface area (Å²) in [5.41, 5.74) is 2.87. The van der Waals surface area contributed by atoms with Gasteiger partial charge in [0.05, 0.1) is 28.2 Å². The number of carbonyl (C=O) groups is 1. The maximum atomic E-state index is 13.2. The first-order chi connectivity index (χ1) is 15.6. The van der Waals surface area contributed by atoms with Gasteiger partial charge in [0.1, 0.15) is 0 Å². The van der Waals surface area contributed by atoms with Gasteiger partial charge in [0.15, 0.2) is 0 Å². The van der Waals surface area contributed by atoms with Gasteiger partial charge in [-0.2, -0.15) is 4.31 Å². The van der Waals surface area contributed by atoms with Crippen molar-refractivity contribution in [3.8, 4) is 0 Å². The minimum atomic E-state index is -3.99.